The van der Waals surface area contributed by atoms with E-state index in [1.165, 1.54) is 11.1 Å². The number of likely N-dealkylation sites (N-methyl/N-ethyl adjacent to an activating group) is 1. The highest BCUT2D eigenvalue weighted by atomic mass is 16.2. The van der Waals surface area contributed by atoms with Gasteiger partial charge in [-0.15, -0.1) is 0 Å². The number of aliphatic imine (C=N–C) groups is 1. The Morgan fingerprint density at radius 1 is 0.882 bits per heavy atom. The van der Waals surface area contributed by atoms with Gasteiger partial charge in [-0.05, 0) is 54.7 Å². The number of rotatable bonds is 10. The van der Waals surface area contributed by atoms with Crippen molar-refractivity contribution in [2.45, 2.75) is 92.7 Å². The third-order valence-electron chi connectivity index (χ3n) is 6.89. The molecule has 0 spiro atoms. The van der Waals surface area contributed by atoms with Crippen LogP contribution in [-0.2, 0) is 17.6 Å². The summed E-state index contributed by atoms with van der Waals surface area (Å²) in [5.41, 5.74) is 3.57. The van der Waals surface area contributed by atoms with Crippen molar-refractivity contribution in [3.8, 4) is 0 Å². The summed E-state index contributed by atoms with van der Waals surface area (Å²) < 4.78 is 0. The van der Waals surface area contributed by atoms with Gasteiger partial charge in [0.05, 0.1) is 0 Å². The van der Waals surface area contributed by atoms with Crippen LogP contribution in [0.1, 0.15) is 84.9 Å². The fourth-order valence-electron chi connectivity index (χ4n) is 3.65. The highest BCUT2D eigenvalue weighted by molar-refractivity contribution is 5.84. The van der Waals surface area contributed by atoms with E-state index in [-0.39, 0.29) is 17.4 Å². The fourth-order valence-corrected chi connectivity index (χ4v) is 3.65. The lowest BCUT2D eigenvalue weighted by Crippen LogP contribution is -2.52. The maximum absolute atomic E-state index is 13.5. The molecule has 0 aliphatic carbocycles. The summed E-state index contributed by atoms with van der Waals surface area (Å²) in [6, 6.07) is 18.6. The van der Waals surface area contributed by atoms with Crippen molar-refractivity contribution in [3.05, 3.63) is 71.3 Å². The summed E-state index contributed by atoms with van der Waals surface area (Å²) in [6.45, 7) is 19.2. The lowest BCUT2D eigenvalue weighted by atomic mass is 9.88. The second-order valence-corrected chi connectivity index (χ2v) is 10.3. The molecule has 0 saturated heterocycles. The summed E-state index contributed by atoms with van der Waals surface area (Å²) in [4.78, 5) is 20.2. The molecule has 2 aromatic rings. The molecule has 2 rings (SSSR count). The highest BCUT2D eigenvalue weighted by Crippen LogP contribution is 2.24. The van der Waals surface area contributed by atoms with E-state index in [4.69, 9.17) is 4.99 Å². The maximum Gasteiger partial charge on any atom is 0.247 e. The minimum atomic E-state index is -0.411. The predicted molar refractivity (Wildman–Crippen MR) is 149 cm³/mol. The smallest absolute Gasteiger partial charge is 0.247 e. The molecule has 0 saturated carbocycles. The van der Waals surface area contributed by atoms with Crippen LogP contribution in [0.3, 0.4) is 0 Å². The first-order valence-electron chi connectivity index (χ1n) is 13.0. The van der Waals surface area contributed by atoms with Gasteiger partial charge in [0.25, 0.3) is 0 Å². The molecule has 0 aromatic heterocycles. The number of carbonyl (C=O) groups excluding carboxylic acids is 1. The second-order valence-electron chi connectivity index (χ2n) is 10.3. The lowest BCUT2D eigenvalue weighted by Gasteiger charge is -2.40. The van der Waals surface area contributed by atoms with Crippen LogP contribution in [-0.4, -0.2) is 35.7 Å². The Bertz CT molecular complexity index is 866. The summed E-state index contributed by atoms with van der Waals surface area (Å²) in [7, 11) is 1.91. The second kappa shape index (κ2) is 14.1. The number of benzene rings is 2. The van der Waals surface area contributed by atoms with Gasteiger partial charge in [-0.25, -0.2) is 0 Å². The van der Waals surface area contributed by atoms with E-state index in [2.05, 4.69) is 84.9 Å². The third kappa shape index (κ3) is 8.74. The van der Waals surface area contributed by atoms with Crippen molar-refractivity contribution in [3.63, 3.8) is 0 Å². The van der Waals surface area contributed by atoms with Crippen molar-refractivity contribution < 1.29 is 4.79 Å². The van der Waals surface area contributed by atoms with E-state index in [9.17, 15) is 4.79 Å². The molecule has 0 heterocycles. The van der Waals surface area contributed by atoms with Gasteiger partial charge in [0.1, 0.15) is 6.04 Å². The van der Waals surface area contributed by atoms with E-state index in [1.54, 1.807) is 0 Å². The standard InChI is InChI=1S/C29H42N2O.C2H6/c1-21(2)26-16-14-25(15-17-26)18-23(5)20-30-27(19-24-12-10-9-11-13-24)28(32)31(8)29(6,7)22(3)4;1-2/h9-17,20-23,27H,18-19H2,1-8H3;1-2H3. The third-order valence-corrected chi connectivity index (χ3v) is 6.89. The molecule has 0 bridgehead atoms. The molecule has 0 aliphatic rings. The first-order valence-corrected chi connectivity index (χ1v) is 13.0. The largest absolute Gasteiger partial charge is 0.339 e. The van der Waals surface area contributed by atoms with Crippen molar-refractivity contribution in [1.29, 1.82) is 0 Å². The first kappa shape index (κ1) is 29.6. The Balaban J connectivity index is 0.00000281. The number of nitrogens with zero attached hydrogens (tertiary/aromatic N) is 2. The van der Waals surface area contributed by atoms with Gasteiger partial charge >= 0.3 is 0 Å². The van der Waals surface area contributed by atoms with Gasteiger partial charge in [-0.2, -0.15) is 0 Å². The van der Waals surface area contributed by atoms with E-state index in [0.717, 1.165) is 12.0 Å². The molecule has 2 unspecified atom stereocenters. The predicted octanol–water partition coefficient (Wildman–Crippen LogP) is 7.59. The number of hydrogen-bond acceptors (Lipinski definition) is 2. The summed E-state index contributed by atoms with van der Waals surface area (Å²) in [5.74, 6) is 1.23. The molecule has 2 aromatic carbocycles. The van der Waals surface area contributed by atoms with Crippen molar-refractivity contribution in [1.82, 2.24) is 4.90 Å². The molecule has 0 aliphatic heterocycles. The van der Waals surface area contributed by atoms with Gasteiger partial charge in [0.15, 0.2) is 0 Å². The van der Waals surface area contributed by atoms with Crippen LogP contribution in [0.4, 0.5) is 0 Å². The Morgan fingerprint density at radius 3 is 1.91 bits per heavy atom. The van der Waals surface area contributed by atoms with Crippen LogP contribution < -0.4 is 0 Å². The molecule has 0 N–H and O–H groups in total. The lowest BCUT2D eigenvalue weighted by molar-refractivity contribution is -0.137. The Hall–Kier alpha value is -2.42. The zero-order valence-corrected chi connectivity index (χ0v) is 23.3. The molecule has 3 nitrogen and oxygen atoms in total. The Labute approximate surface area is 209 Å². The minimum Gasteiger partial charge on any atom is -0.339 e. The van der Waals surface area contributed by atoms with Crippen molar-refractivity contribution in [2.75, 3.05) is 7.05 Å². The van der Waals surface area contributed by atoms with Crippen LogP contribution in [0.2, 0.25) is 0 Å². The summed E-state index contributed by atoms with van der Waals surface area (Å²) in [6.07, 6.45) is 3.52. The van der Waals surface area contributed by atoms with E-state index < -0.39 is 6.04 Å². The van der Waals surface area contributed by atoms with Crippen molar-refractivity contribution >= 4 is 12.1 Å². The molecule has 34 heavy (non-hydrogen) atoms. The number of hydrogen-bond donors (Lipinski definition) is 0. The molecular weight excluding hydrogens is 416 g/mol. The van der Waals surface area contributed by atoms with Gasteiger partial charge in [0.2, 0.25) is 5.91 Å². The highest BCUT2D eigenvalue weighted by Gasteiger charge is 2.34. The van der Waals surface area contributed by atoms with E-state index >= 15 is 0 Å². The molecule has 2 atom stereocenters. The zero-order chi connectivity index (χ0) is 25.9. The van der Waals surface area contributed by atoms with Crippen LogP contribution in [0.5, 0.6) is 0 Å². The fraction of sp³-hybridized carbons (Fsp3) is 0.548. The molecule has 0 radical (unpaired) electrons. The quantitative estimate of drug-likeness (QED) is 0.333. The van der Waals surface area contributed by atoms with Crippen LogP contribution >= 0.6 is 0 Å². The Kier molecular flexibility index (Phi) is 12.3. The maximum atomic E-state index is 13.5. The molecule has 3 heteroatoms. The van der Waals surface area contributed by atoms with E-state index in [0.29, 0.717) is 18.3 Å². The van der Waals surface area contributed by atoms with Gasteiger partial charge in [-0.3, -0.25) is 9.79 Å². The zero-order valence-electron chi connectivity index (χ0n) is 23.3. The molecular formula is C31H48N2O. The Morgan fingerprint density at radius 2 is 1.41 bits per heavy atom. The van der Waals surface area contributed by atoms with E-state index in [1.807, 2.05) is 50.2 Å². The average molecular weight is 465 g/mol. The summed E-state index contributed by atoms with van der Waals surface area (Å²) >= 11 is 0. The van der Waals surface area contributed by atoms with Gasteiger partial charge in [0, 0.05) is 25.2 Å². The number of amides is 1. The SMILES string of the molecule is CC.CC(C=NC(Cc1ccccc1)C(=O)N(C)C(C)(C)C(C)C)Cc1ccc(C(C)C)cc1. The minimum absolute atomic E-state index is 0.0808. The summed E-state index contributed by atoms with van der Waals surface area (Å²) in [5, 5.41) is 0. The first-order chi connectivity index (χ1) is 16.0. The van der Waals surface area contributed by atoms with Crippen LogP contribution in [0, 0.1) is 11.8 Å². The van der Waals surface area contributed by atoms with Crippen LogP contribution in [0.25, 0.3) is 0 Å². The molecule has 0 fully saturated rings. The monoisotopic (exact) mass is 464 g/mol. The average Bonchev–Trinajstić information content (AvgIpc) is 2.82. The molecule has 188 valence electrons. The van der Waals surface area contributed by atoms with Gasteiger partial charge in [-0.1, -0.05) is 103 Å². The van der Waals surface area contributed by atoms with Crippen LogP contribution in [0.15, 0.2) is 59.6 Å². The normalized spacial score (nSPS) is 13.5. The number of carbonyl (C=O) groups is 1. The molecule has 1 amide bonds. The van der Waals surface area contributed by atoms with Gasteiger partial charge < -0.3 is 4.90 Å². The topological polar surface area (TPSA) is 32.7 Å². The van der Waals surface area contributed by atoms with Crippen molar-refractivity contribution in [2.24, 2.45) is 16.8 Å².